The second-order valence-electron chi connectivity index (χ2n) is 2.11. The van der Waals surface area contributed by atoms with Crippen molar-refractivity contribution in [1.29, 1.82) is 0 Å². The third-order valence-electron chi connectivity index (χ3n) is 1.43. The molecule has 0 aliphatic rings. The molecule has 2 rings (SSSR count). The minimum atomic E-state index is -0.0214. The van der Waals surface area contributed by atoms with E-state index < -0.39 is 0 Å². The first-order chi connectivity index (χ1) is 6.11. The number of hydrogen-bond donors (Lipinski definition) is 2. The molecule has 56 valence electrons. The van der Waals surface area contributed by atoms with Crippen LogP contribution in [0, 0.1) is 0 Å². The van der Waals surface area contributed by atoms with Crippen molar-refractivity contribution in [2.75, 3.05) is 11.5 Å². The van der Waals surface area contributed by atoms with Crippen LogP contribution >= 0.6 is 11.3 Å². The van der Waals surface area contributed by atoms with Crippen molar-refractivity contribution in [1.82, 2.24) is 4.98 Å². The van der Waals surface area contributed by atoms with Gasteiger partial charge in [0.25, 0.3) is 0 Å². The molecular weight excluding hydrogens is 158 g/mol. The number of thiophene rings is 1. The van der Waals surface area contributed by atoms with Crippen molar-refractivity contribution in [2.24, 2.45) is 0 Å². The summed E-state index contributed by atoms with van der Waals surface area (Å²) in [5.74, 6) is 0. The van der Waals surface area contributed by atoms with Crippen LogP contribution in [-0.4, -0.2) is 4.98 Å². The predicted molar refractivity (Wildman–Crippen MR) is 48.4 cm³/mol. The number of nitrogens with two attached hydrogens (primary N) is 2. The minimum Gasteiger partial charge on any atom is -0.396 e. The Hall–Kier alpha value is -1.29. The molecular formula is C7H7N3S. The molecule has 0 radical (unpaired) electrons. The van der Waals surface area contributed by atoms with Gasteiger partial charge in [0.1, 0.15) is 4.83 Å². The Morgan fingerprint density at radius 1 is 1.55 bits per heavy atom. The first kappa shape index (κ1) is 4.56. The summed E-state index contributed by atoms with van der Waals surface area (Å²) < 4.78 is 14.9. The first-order valence-electron chi connectivity index (χ1n) is 4.00. The van der Waals surface area contributed by atoms with Crippen molar-refractivity contribution in [3.63, 3.8) is 0 Å². The largest absolute Gasteiger partial charge is 0.396 e. The molecule has 0 aliphatic heterocycles. The van der Waals surface area contributed by atoms with E-state index in [-0.39, 0.29) is 11.9 Å². The van der Waals surface area contributed by atoms with E-state index in [9.17, 15) is 0 Å². The molecule has 0 fully saturated rings. The number of fused-ring (bicyclic) bond motifs is 1. The number of rotatable bonds is 0. The van der Waals surface area contributed by atoms with Crippen LogP contribution in [0.3, 0.4) is 0 Å². The average molecular weight is 167 g/mol. The highest BCUT2D eigenvalue weighted by molar-refractivity contribution is 7.16. The first-order valence-corrected chi connectivity index (χ1v) is 3.88. The molecule has 0 bridgehead atoms. The lowest BCUT2D eigenvalue weighted by atomic mass is 10.3. The molecule has 3 nitrogen and oxygen atoms in total. The van der Waals surface area contributed by atoms with Gasteiger partial charge >= 0.3 is 0 Å². The fourth-order valence-electron chi connectivity index (χ4n) is 0.846. The minimum absolute atomic E-state index is 0.0214. The molecule has 2 aromatic rings. The van der Waals surface area contributed by atoms with Gasteiger partial charge in [-0.05, 0) is 11.4 Å². The number of aromatic nitrogens is 1. The maximum atomic E-state index is 7.53. The van der Waals surface area contributed by atoms with Crippen LogP contribution in [0.25, 0.3) is 10.2 Å². The maximum absolute atomic E-state index is 7.53. The summed E-state index contributed by atoms with van der Waals surface area (Å²) in [5.41, 5.74) is 11.6. The Kier molecular flexibility index (Phi) is 0.870. The van der Waals surface area contributed by atoms with Gasteiger partial charge in [-0.25, -0.2) is 4.98 Å². The Bertz CT molecular complexity index is 480. The monoisotopic (exact) mass is 167 g/mol. The molecule has 0 atom stereocenters. The van der Waals surface area contributed by atoms with Gasteiger partial charge in [0.15, 0.2) is 0 Å². The predicted octanol–water partition coefficient (Wildman–Crippen LogP) is 1.46. The fraction of sp³-hybridized carbons (Fsp3) is 0. The van der Waals surface area contributed by atoms with E-state index in [2.05, 4.69) is 4.98 Å². The molecule has 4 N–H and O–H groups in total. The quantitative estimate of drug-likeness (QED) is 0.624. The van der Waals surface area contributed by atoms with Crippen LogP contribution in [-0.2, 0) is 0 Å². The fourth-order valence-corrected chi connectivity index (χ4v) is 1.52. The van der Waals surface area contributed by atoms with E-state index >= 15 is 0 Å². The highest BCUT2D eigenvalue weighted by Crippen LogP contribution is 2.27. The van der Waals surface area contributed by atoms with Crippen molar-refractivity contribution in [2.45, 2.75) is 0 Å². The van der Waals surface area contributed by atoms with Gasteiger partial charge in [0, 0.05) is 5.39 Å². The Morgan fingerprint density at radius 2 is 2.36 bits per heavy atom. The summed E-state index contributed by atoms with van der Waals surface area (Å²) in [4.78, 5) is 4.52. The Labute approximate surface area is 70.5 Å². The van der Waals surface area contributed by atoms with Crippen LogP contribution < -0.4 is 11.5 Å². The van der Waals surface area contributed by atoms with Crippen LogP contribution in [0.2, 0.25) is 0 Å². The van der Waals surface area contributed by atoms with E-state index in [1.807, 2.05) is 0 Å². The van der Waals surface area contributed by atoms with Gasteiger partial charge in [0.05, 0.1) is 20.3 Å². The zero-order chi connectivity index (χ0) is 9.59. The number of nitrogen functional groups attached to an aromatic ring is 2. The Balaban J connectivity index is 2.97. The molecule has 0 saturated carbocycles. The molecule has 2 aromatic heterocycles. The van der Waals surface area contributed by atoms with Crippen molar-refractivity contribution in [3.05, 3.63) is 17.6 Å². The zero-order valence-electron chi connectivity index (χ0n) is 7.59. The highest BCUT2D eigenvalue weighted by Gasteiger charge is 2.02. The third-order valence-corrected chi connectivity index (χ3v) is 2.18. The number of anilines is 2. The summed E-state index contributed by atoms with van der Waals surface area (Å²) in [5, 5.41) is 2.19. The van der Waals surface area contributed by atoms with E-state index in [1.165, 1.54) is 11.3 Å². The van der Waals surface area contributed by atoms with Crippen LogP contribution in [0.15, 0.2) is 17.6 Å². The van der Waals surface area contributed by atoms with E-state index in [1.54, 1.807) is 5.38 Å². The molecule has 0 unspecified atom stereocenters. The summed E-state index contributed by atoms with van der Waals surface area (Å²) in [6, 6.07) is 0.316. The van der Waals surface area contributed by atoms with Gasteiger partial charge in [0.2, 0.25) is 0 Å². The van der Waals surface area contributed by atoms with Gasteiger partial charge in [-0.1, -0.05) is 0 Å². The second-order valence-corrected chi connectivity index (χ2v) is 2.97. The van der Waals surface area contributed by atoms with Gasteiger partial charge in [-0.15, -0.1) is 11.3 Å². The summed E-state index contributed by atoms with van der Waals surface area (Å²) in [6.07, 6.45) is -0.0214. The summed E-state index contributed by atoms with van der Waals surface area (Å²) >= 11 is 1.30. The van der Waals surface area contributed by atoms with Crippen LogP contribution in [0.4, 0.5) is 11.4 Å². The molecule has 0 aromatic carbocycles. The highest BCUT2D eigenvalue weighted by atomic mass is 32.1. The molecule has 2 heterocycles. The molecule has 0 aliphatic carbocycles. The number of pyridine rings is 1. The average Bonchev–Trinajstić information content (AvgIpc) is 2.43. The SMILES string of the molecule is [2H]c1nc2scc([2H])c2c(N)c1N. The lowest BCUT2D eigenvalue weighted by Crippen LogP contribution is -1.95. The van der Waals surface area contributed by atoms with E-state index in [4.69, 9.17) is 14.2 Å². The standard InChI is InChI=1S/C7H7N3S/c8-5-3-10-7-4(6(5)9)1-2-11-7/h1-3H,8H2,(H2,9,10)/i1D,3D. The van der Waals surface area contributed by atoms with E-state index in [0.29, 0.717) is 21.9 Å². The molecule has 11 heavy (non-hydrogen) atoms. The smallest absolute Gasteiger partial charge is 0.125 e. The Morgan fingerprint density at radius 3 is 3.18 bits per heavy atom. The van der Waals surface area contributed by atoms with Gasteiger partial charge in [-0.2, -0.15) is 0 Å². The lowest BCUT2D eigenvalue weighted by Gasteiger charge is -1.98. The molecule has 4 heteroatoms. The third kappa shape index (κ3) is 0.832. The van der Waals surface area contributed by atoms with Crippen molar-refractivity contribution < 1.29 is 2.74 Å². The molecule has 0 saturated heterocycles. The van der Waals surface area contributed by atoms with E-state index in [0.717, 1.165) is 0 Å². The van der Waals surface area contributed by atoms with Crippen molar-refractivity contribution in [3.8, 4) is 0 Å². The van der Waals surface area contributed by atoms with Crippen molar-refractivity contribution >= 4 is 32.9 Å². The zero-order valence-corrected chi connectivity index (χ0v) is 6.40. The number of hydrogen-bond acceptors (Lipinski definition) is 4. The number of nitrogens with zero attached hydrogens (tertiary/aromatic N) is 1. The topological polar surface area (TPSA) is 64.9 Å². The van der Waals surface area contributed by atoms with Gasteiger partial charge in [-0.3, -0.25) is 0 Å². The second kappa shape index (κ2) is 2.10. The summed E-state index contributed by atoms with van der Waals surface area (Å²) in [6.45, 7) is 0. The summed E-state index contributed by atoms with van der Waals surface area (Å²) in [7, 11) is 0. The molecule has 0 spiro atoms. The van der Waals surface area contributed by atoms with Gasteiger partial charge < -0.3 is 11.5 Å². The molecule has 0 amide bonds. The maximum Gasteiger partial charge on any atom is 0.125 e. The van der Waals surface area contributed by atoms with Crippen LogP contribution in [0.5, 0.6) is 0 Å². The van der Waals surface area contributed by atoms with Crippen LogP contribution in [0.1, 0.15) is 2.74 Å². The lowest BCUT2D eigenvalue weighted by molar-refractivity contribution is 1.45. The normalized spacial score (nSPS) is 13.1.